The number of amides is 1. The number of aromatic nitrogens is 2. The van der Waals surface area contributed by atoms with Gasteiger partial charge in [-0.15, -0.1) is 0 Å². The minimum atomic E-state index is -3.21. The van der Waals surface area contributed by atoms with Gasteiger partial charge in [0, 0.05) is 30.3 Å². The van der Waals surface area contributed by atoms with Crippen molar-refractivity contribution in [2.75, 3.05) is 19.3 Å². The van der Waals surface area contributed by atoms with Gasteiger partial charge in [-0.3, -0.25) is 4.79 Å². The van der Waals surface area contributed by atoms with Gasteiger partial charge in [0.2, 0.25) is 15.9 Å². The van der Waals surface area contributed by atoms with Crippen molar-refractivity contribution < 1.29 is 17.6 Å². The Morgan fingerprint density at radius 1 is 1.25 bits per heavy atom. The van der Waals surface area contributed by atoms with Gasteiger partial charge >= 0.3 is 0 Å². The van der Waals surface area contributed by atoms with Crippen LogP contribution in [0.2, 0.25) is 0 Å². The van der Waals surface area contributed by atoms with Crippen molar-refractivity contribution in [3.05, 3.63) is 47.5 Å². The van der Waals surface area contributed by atoms with E-state index in [2.05, 4.69) is 10.4 Å². The molecule has 1 N–H and O–H groups in total. The topological polar surface area (TPSA) is 84.3 Å². The number of carbonyl (C=O) groups excluding carboxylic acids is 1. The lowest BCUT2D eigenvalue weighted by Gasteiger charge is -2.30. The fourth-order valence-electron chi connectivity index (χ4n) is 3.55. The number of carbonyl (C=O) groups is 1. The molecule has 0 bridgehead atoms. The van der Waals surface area contributed by atoms with Crippen LogP contribution < -0.4 is 5.32 Å². The van der Waals surface area contributed by atoms with E-state index in [1.54, 1.807) is 23.0 Å². The molecule has 1 amide bonds. The van der Waals surface area contributed by atoms with Crippen molar-refractivity contribution in [1.29, 1.82) is 0 Å². The first-order valence-electron chi connectivity index (χ1n) is 9.23. The lowest BCUT2D eigenvalue weighted by molar-refractivity contribution is -0.126. The first-order valence-corrected chi connectivity index (χ1v) is 11.1. The molecule has 1 aromatic heterocycles. The summed E-state index contributed by atoms with van der Waals surface area (Å²) >= 11 is 0. The Kier molecular flexibility index (Phi) is 5.85. The lowest BCUT2D eigenvalue weighted by atomic mass is 9.96. The number of benzene rings is 1. The van der Waals surface area contributed by atoms with Crippen LogP contribution in [0.5, 0.6) is 0 Å². The molecule has 1 fully saturated rings. The van der Waals surface area contributed by atoms with Crippen LogP contribution in [0.4, 0.5) is 4.39 Å². The molecule has 1 saturated heterocycles. The Morgan fingerprint density at radius 2 is 1.86 bits per heavy atom. The maximum absolute atomic E-state index is 13.1. The van der Waals surface area contributed by atoms with Gasteiger partial charge in [0.1, 0.15) is 5.82 Å². The van der Waals surface area contributed by atoms with Gasteiger partial charge in [-0.25, -0.2) is 21.8 Å². The van der Waals surface area contributed by atoms with E-state index < -0.39 is 10.0 Å². The number of nitrogens with one attached hydrogen (secondary N) is 1. The molecule has 0 spiro atoms. The summed E-state index contributed by atoms with van der Waals surface area (Å²) in [5, 5.41) is 7.38. The van der Waals surface area contributed by atoms with Crippen molar-refractivity contribution in [1.82, 2.24) is 19.4 Å². The molecule has 152 valence electrons. The summed E-state index contributed by atoms with van der Waals surface area (Å²) in [6.45, 7) is 4.53. The van der Waals surface area contributed by atoms with Gasteiger partial charge in [-0.2, -0.15) is 5.10 Å². The van der Waals surface area contributed by atoms with E-state index in [1.807, 2.05) is 13.8 Å². The Hall–Kier alpha value is -2.26. The minimum Gasteiger partial charge on any atom is -0.349 e. The highest BCUT2D eigenvalue weighted by atomic mass is 32.2. The van der Waals surface area contributed by atoms with E-state index in [0.717, 1.165) is 16.9 Å². The molecule has 7 nitrogen and oxygen atoms in total. The number of nitrogens with zero attached hydrogens (tertiary/aromatic N) is 3. The van der Waals surface area contributed by atoms with E-state index in [0.29, 0.717) is 25.9 Å². The third kappa shape index (κ3) is 4.41. The SMILES string of the molecule is Cc1c(C(C)NC(=O)C2CCN(S(C)(=O)=O)CC2)cnn1-c1ccc(F)cc1. The molecular formula is C19H25FN4O3S. The van der Waals surface area contributed by atoms with E-state index in [4.69, 9.17) is 0 Å². The van der Waals surface area contributed by atoms with E-state index in [-0.39, 0.29) is 23.7 Å². The van der Waals surface area contributed by atoms with Gasteiger partial charge in [0.25, 0.3) is 0 Å². The van der Waals surface area contributed by atoms with Crippen LogP contribution in [0, 0.1) is 18.7 Å². The molecule has 9 heteroatoms. The maximum atomic E-state index is 13.1. The highest BCUT2D eigenvalue weighted by molar-refractivity contribution is 7.88. The van der Waals surface area contributed by atoms with Crippen LogP contribution >= 0.6 is 0 Å². The van der Waals surface area contributed by atoms with Crippen LogP contribution in [0.3, 0.4) is 0 Å². The fourth-order valence-corrected chi connectivity index (χ4v) is 4.42. The molecule has 1 aliphatic heterocycles. The highest BCUT2D eigenvalue weighted by Crippen LogP contribution is 2.23. The fraction of sp³-hybridized carbons (Fsp3) is 0.474. The number of hydrogen-bond acceptors (Lipinski definition) is 4. The Balaban J connectivity index is 1.64. The van der Waals surface area contributed by atoms with E-state index in [9.17, 15) is 17.6 Å². The summed E-state index contributed by atoms with van der Waals surface area (Å²) in [4.78, 5) is 12.6. The third-order valence-electron chi connectivity index (χ3n) is 5.24. The third-order valence-corrected chi connectivity index (χ3v) is 6.54. The van der Waals surface area contributed by atoms with E-state index in [1.165, 1.54) is 22.7 Å². The zero-order valence-electron chi connectivity index (χ0n) is 16.2. The highest BCUT2D eigenvalue weighted by Gasteiger charge is 2.30. The van der Waals surface area contributed by atoms with Crippen LogP contribution in [0.1, 0.15) is 37.1 Å². The van der Waals surface area contributed by atoms with Crippen LogP contribution in [-0.2, 0) is 14.8 Å². The Bertz CT molecular complexity index is 948. The maximum Gasteiger partial charge on any atom is 0.223 e. The van der Waals surface area contributed by atoms with Crippen molar-refractivity contribution in [3.63, 3.8) is 0 Å². The predicted molar refractivity (Wildman–Crippen MR) is 104 cm³/mol. The molecule has 1 atom stereocenters. The summed E-state index contributed by atoms with van der Waals surface area (Å²) in [5.74, 6) is -0.584. The average molecular weight is 408 g/mol. The van der Waals surface area contributed by atoms with Gasteiger partial charge in [0.15, 0.2) is 0 Å². The standard InChI is InChI=1S/C19H25FN4O3S/c1-13(22-19(25)15-8-10-23(11-9-15)28(3,26)27)18-12-21-24(14(18)2)17-6-4-16(20)5-7-17/h4-7,12-13,15H,8-11H2,1-3H3,(H,22,25). The first kappa shape index (κ1) is 20.5. The number of halogens is 1. The largest absolute Gasteiger partial charge is 0.349 e. The monoisotopic (exact) mass is 408 g/mol. The molecule has 2 aromatic rings. The lowest BCUT2D eigenvalue weighted by Crippen LogP contribution is -2.43. The first-order chi connectivity index (χ1) is 13.2. The molecule has 0 saturated carbocycles. The van der Waals surface area contributed by atoms with E-state index >= 15 is 0 Å². The number of sulfonamides is 1. The van der Waals surface area contributed by atoms with Gasteiger partial charge in [-0.1, -0.05) is 0 Å². The molecule has 2 heterocycles. The summed E-state index contributed by atoms with van der Waals surface area (Å²) < 4.78 is 39.4. The molecule has 28 heavy (non-hydrogen) atoms. The Labute approximate surface area is 164 Å². The average Bonchev–Trinajstić information content (AvgIpc) is 3.03. The zero-order chi connectivity index (χ0) is 20.5. The molecule has 1 aliphatic rings. The zero-order valence-corrected chi connectivity index (χ0v) is 17.0. The minimum absolute atomic E-state index is 0.0745. The van der Waals surface area contributed by atoms with Crippen molar-refractivity contribution >= 4 is 15.9 Å². The normalized spacial score (nSPS) is 17.4. The number of hydrogen-bond donors (Lipinski definition) is 1. The molecular weight excluding hydrogens is 383 g/mol. The van der Waals surface area contributed by atoms with Crippen LogP contribution in [0.15, 0.2) is 30.5 Å². The number of piperidine rings is 1. The molecule has 1 aromatic carbocycles. The summed E-state index contributed by atoms with van der Waals surface area (Å²) in [6, 6.07) is 5.82. The van der Waals surface area contributed by atoms with Crippen molar-refractivity contribution in [2.24, 2.45) is 5.92 Å². The smallest absolute Gasteiger partial charge is 0.223 e. The second kappa shape index (κ2) is 8.00. The van der Waals surface area contributed by atoms with Gasteiger partial charge in [0.05, 0.1) is 24.2 Å². The summed E-state index contributed by atoms with van der Waals surface area (Å²) in [5.41, 5.74) is 2.49. The molecule has 1 unspecified atom stereocenters. The summed E-state index contributed by atoms with van der Waals surface area (Å²) in [6.07, 6.45) is 3.92. The molecule has 0 radical (unpaired) electrons. The van der Waals surface area contributed by atoms with Gasteiger partial charge in [-0.05, 0) is 51.0 Å². The quantitative estimate of drug-likeness (QED) is 0.822. The second-order valence-corrected chi connectivity index (χ2v) is 9.22. The van der Waals surface area contributed by atoms with Gasteiger partial charge < -0.3 is 5.32 Å². The van der Waals surface area contributed by atoms with Crippen molar-refractivity contribution in [2.45, 2.75) is 32.7 Å². The predicted octanol–water partition coefficient (Wildman–Crippen LogP) is 2.17. The molecule has 3 rings (SSSR count). The Morgan fingerprint density at radius 3 is 2.43 bits per heavy atom. The molecule has 0 aliphatic carbocycles. The number of rotatable bonds is 5. The second-order valence-electron chi connectivity index (χ2n) is 7.24. The van der Waals surface area contributed by atoms with Crippen molar-refractivity contribution in [3.8, 4) is 5.69 Å². The van der Waals surface area contributed by atoms with Crippen LogP contribution in [-0.4, -0.2) is 47.8 Å². The summed E-state index contributed by atoms with van der Waals surface area (Å²) in [7, 11) is -3.21. The van der Waals surface area contributed by atoms with Crippen LogP contribution in [0.25, 0.3) is 5.69 Å².